The minimum atomic E-state index is -3.48. The Labute approximate surface area is 658 Å². The van der Waals surface area contributed by atoms with Crippen molar-refractivity contribution < 1.29 is 124 Å². The summed E-state index contributed by atoms with van der Waals surface area (Å²) < 4.78 is 221. The van der Waals surface area contributed by atoms with E-state index in [0.717, 1.165) is 103 Å². The molecule has 0 amide bonds. The first-order chi connectivity index (χ1) is 49.7. The van der Waals surface area contributed by atoms with Gasteiger partial charge in [-0.2, -0.15) is 33.7 Å². The number of unbranched alkanes of at least 4 members (excludes halogenated alkanes) is 4. The SMILES string of the molecule is CC1(C)OC[C@@H](CC2(S(=O)(=O)Cl)CC2)O1.CC1(C)OC[C@H](CC2(S(=O)(=O)Cl)CC2)O1.CCCCOS(=O)(=O)C1(C[C@@H]2COC(C)(C)O2)CC1.CCCCOS(=O)(=O)C1(C[C@H]2COC(C)(C)O2)CC1.CCCCOS(=O)(=O)C1CC1.CCCCOS(=O)(=O)C1CC1.CC[C@@H]1COC(C)(C)O1.CC[C@H]1COC(C)(C)O1. The quantitative estimate of drug-likeness (QED) is 0.0343. The Morgan fingerprint density at radius 2 is 0.491 bits per heavy atom. The molecule has 640 valence electrons. The minimum absolute atomic E-state index is 0.151. The van der Waals surface area contributed by atoms with Crippen LogP contribution >= 0.6 is 21.4 Å². The molecule has 28 nitrogen and oxygen atoms in total. The molecular formula is C72H134Cl2O28S6. The second kappa shape index (κ2) is 40.4. The fourth-order valence-electron chi connectivity index (χ4n) is 12.2. The van der Waals surface area contributed by atoms with Gasteiger partial charge in [-0.1, -0.05) is 67.2 Å². The highest BCUT2D eigenvalue weighted by atomic mass is 35.7. The Balaban J connectivity index is 0.000000224. The van der Waals surface area contributed by atoms with Gasteiger partial charge in [-0.05, 0) is 224 Å². The Bertz CT molecular complexity index is 3230. The van der Waals surface area contributed by atoms with E-state index in [0.29, 0.717) is 129 Å². The third kappa shape index (κ3) is 32.9. The van der Waals surface area contributed by atoms with Crippen LogP contribution in [0.3, 0.4) is 0 Å². The smallest absolute Gasteiger partial charge is 0.273 e. The van der Waals surface area contributed by atoms with Crippen molar-refractivity contribution in [1.82, 2.24) is 0 Å². The van der Waals surface area contributed by atoms with Gasteiger partial charge >= 0.3 is 0 Å². The highest BCUT2D eigenvalue weighted by Crippen LogP contribution is 2.53. The second-order valence-electron chi connectivity index (χ2n) is 32.9. The molecule has 12 fully saturated rings. The summed E-state index contributed by atoms with van der Waals surface area (Å²) in [6.45, 7) is 39.3. The highest BCUT2D eigenvalue weighted by molar-refractivity contribution is 8.15. The van der Waals surface area contributed by atoms with Crippen LogP contribution in [0.2, 0.25) is 0 Å². The van der Waals surface area contributed by atoms with Gasteiger partial charge in [-0.25, -0.2) is 16.8 Å². The largest absolute Gasteiger partial charge is 0.348 e. The molecule has 108 heavy (non-hydrogen) atoms. The zero-order valence-electron chi connectivity index (χ0n) is 67.7. The summed E-state index contributed by atoms with van der Waals surface area (Å²) in [5.41, 5.74) is 0. The Morgan fingerprint density at radius 1 is 0.296 bits per heavy atom. The Hall–Kier alpha value is -0.360. The van der Waals surface area contributed by atoms with Gasteiger partial charge < -0.3 is 56.8 Å². The van der Waals surface area contributed by atoms with Crippen molar-refractivity contribution >= 4 is 79.9 Å². The molecule has 6 aliphatic carbocycles. The van der Waals surface area contributed by atoms with E-state index in [-0.39, 0.29) is 59.7 Å². The lowest BCUT2D eigenvalue weighted by molar-refractivity contribution is -0.139. The monoisotopic (exact) mass is 1710 g/mol. The summed E-state index contributed by atoms with van der Waals surface area (Å²) in [7, 11) is -9.41. The van der Waals surface area contributed by atoms with Crippen LogP contribution in [0.5, 0.6) is 0 Å². The first-order valence-electron chi connectivity index (χ1n) is 39.0. The summed E-state index contributed by atoms with van der Waals surface area (Å²) in [5.74, 6) is -3.07. The van der Waals surface area contributed by atoms with Crippen molar-refractivity contribution in [2.45, 2.75) is 392 Å². The maximum Gasteiger partial charge on any atom is 0.273 e. The number of rotatable bonds is 32. The molecule has 0 aromatic heterocycles. The highest BCUT2D eigenvalue weighted by Gasteiger charge is 2.60. The summed E-state index contributed by atoms with van der Waals surface area (Å²) in [6.07, 6.45) is 19.3. The molecule has 0 unspecified atom stereocenters. The van der Waals surface area contributed by atoms with E-state index in [1.54, 1.807) is 0 Å². The van der Waals surface area contributed by atoms with Crippen LogP contribution in [-0.2, 0) is 132 Å². The molecule has 0 aromatic carbocycles. The molecule has 0 bridgehead atoms. The van der Waals surface area contributed by atoms with Crippen LogP contribution in [0, 0.1) is 0 Å². The van der Waals surface area contributed by atoms with Crippen molar-refractivity contribution in [3.8, 4) is 0 Å². The maximum atomic E-state index is 12.2. The molecule has 6 heterocycles. The third-order valence-electron chi connectivity index (χ3n) is 19.9. The zero-order valence-corrected chi connectivity index (χ0v) is 74.1. The molecule has 36 heteroatoms. The van der Waals surface area contributed by atoms with E-state index in [9.17, 15) is 50.5 Å². The van der Waals surface area contributed by atoms with Gasteiger partial charge in [0.1, 0.15) is 9.49 Å². The first-order valence-corrected chi connectivity index (χ1v) is 49.4. The first kappa shape index (κ1) is 98.2. The molecule has 12 rings (SSSR count). The van der Waals surface area contributed by atoms with Gasteiger partial charge in [-0.15, -0.1) is 0 Å². The van der Waals surface area contributed by atoms with Gasteiger partial charge in [0.25, 0.3) is 40.5 Å². The summed E-state index contributed by atoms with van der Waals surface area (Å²) >= 11 is 0. The molecule has 6 atom stereocenters. The third-order valence-corrected chi connectivity index (χ3v) is 32.8. The summed E-state index contributed by atoms with van der Waals surface area (Å²) in [6, 6.07) is 0. The topological polar surface area (TPSA) is 353 Å². The van der Waals surface area contributed by atoms with Crippen LogP contribution in [0.1, 0.15) is 292 Å². The van der Waals surface area contributed by atoms with Crippen LogP contribution in [0.4, 0.5) is 0 Å². The van der Waals surface area contributed by atoms with E-state index in [2.05, 4.69) is 13.8 Å². The van der Waals surface area contributed by atoms with Crippen molar-refractivity contribution in [3.63, 3.8) is 0 Å². The predicted octanol–water partition coefficient (Wildman–Crippen LogP) is 13.4. The van der Waals surface area contributed by atoms with Gasteiger partial charge in [0.2, 0.25) is 18.1 Å². The summed E-state index contributed by atoms with van der Waals surface area (Å²) in [5, 5.41) is -0.362. The van der Waals surface area contributed by atoms with E-state index < -0.39 is 101 Å². The van der Waals surface area contributed by atoms with Crippen LogP contribution in [-0.4, -0.2) is 217 Å². The average molecular weight is 1710 g/mol. The molecule has 6 saturated carbocycles. The molecule has 6 aliphatic heterocycles. The van der Waals surface area contributed by atoms with E-state index in [4.69, 9.17) is 94.9 Å². The van der Waals surface area contributed by atoms with E-state index in [1.165, 1.54) is 0 Å². The van der Waals surface area contributed by atoms with Crippen LogP contribution in [0.15, 0.2) is 0 Å². The molecule has 0 spiro atoms. The lowest BCUT2D eigenvalue weighted by Gasteiger charge is -2.21. The molecule has 0 aromatic rings. The van der Waals surface area contributed by atoms with Crippen molar-refractivity contribution in [2.24, 2.45) is 0 Å². The van der Waals surface area contributed by atoms with Crippen LogP contribution in [0.25, 0.3) is 0 Å². The van der Waals surface area contributed by atoms with E-state index >= 15 is 0 Å². The molecule has 0 radical (unpaired) electrons. The van der Waals surface area contributed by atoms with Gasteiger partial charge in [0, 0.05) is 21.4 Å². The normalized spacial score (nSPS) is 28.4. The molecular weight excluding hydrogens is 1580 g/mol. The van der Waals surface area contributed by atoms with Crippen molar-refractivity contribution in [2.75, 3.05) is 66.1 Å². The molecule has 12 aliphatic rings. The van der Waals surface area contributed by atoms with Gasteiger partial charge in [0.15, 0.2) is 34.7 Å². The van der Waals surface area contributed by atoms with E-state index in [1.807, 2.05) is 111 Å². The fraction of sp³-hybridized carbons (Fsp3) is 1.00. The van der Waals surface area contributed by atoms with Crippen LogP contribution < -0.4 is 0 Å². The fourth-order valence-corrected chi connectivity index (χ4v) is 21.2. The predicted molar refractivity (Wildman–Crippen MR) is 411 cm³/mol. The minimum Gasteiger partial charge on any atom is -0.348 e. The van der Waals surface area contributed by atoms with Crippen molar-refractivity contribution in [3.05, 3.63) is 0 Å². The summed E-state index contributed by atoms with van der Waals surface area (Å²) in [4.78, 5) is 0. The van der Waals surface area contributed by atoms with Gasteiger partial charge in [0.05, 0.1) is 123 Å². The maximum absolute atomic E-state index is 12.2. The second-order valence-corrected chi connectivity index (χ2v) is 46.7. The number of hydrogen-bond acceptors (Lipinski definition) is 28. The number of hydrogen-bond donors (Lipinski definition) is 0. The number of halogens is 2. The molecule has 6 saturated heterocycles. The standard InChI is InChI=1S/2C13H24O5S.2C9H15ClO4S.2C7H14O3S.2C7H14O2/c2*1-4-5-8-17-19(14,15)13(6-7-13)9-11-10-16-12(2,3)18-11;2*1-8(2)13-6-7(14-8)5-9(3-4-9)15(10,11)12;2*1-2-3-6-10-11(8,9)7-4-5-7;2*1-4-6-5-8-7(2,3)9-6/h2*11H,4-10H2,1-3H3;2*7H,3-6H2,1-2H3;2*7H,2-6H2,1H3;2*6H,4-5H2,1-3H3/t2*11-;2*7-;;;2*6-/m1010..10/s1. The average Bonchev–Trinajstić information content (AvgIpc) is 1.61. The lowest BCUT2D eigenvalue weighted by atomic mass is 10.2. The Morgan fingerprint density at radius 3 is 0.639 bits per heavy atom. The number of ether oxygens (including phenoxy) is 12. The lowest BCUT2D eigenvalue weighted by Crippen LogP contribution is -2.32. The Kier molecular flexibility index (Phi) is 36.7. The zero-order chi connectivity index (χ0) is 81.4. The van der Waals surface area contributed by atoms with Crippen molar-refractivity contribution in [1.29, 1.82) is 0 Å². The molecule has 0 N–H and O–H groups in total. The van der Waals surface area contributed by atoms with Gasteiger partial charge in [-0.3, -0.25) is 16.7 Å².